The topological polar surface area (TPSA) is 83.4 Å². The molecule has 2 aromatic rings. The van der Waals surface area contributed by atoms with Crippen LogP contribution in [0.1, 0.15) is 35.6 Å². The fourth-order valence-electron chi connectivity index (χ4n) is 3.59. The molecule has 8 nitrogen and oxygen atoms in total. The second-order valence-electron chi connectivity index (χ2n) is 7.51. The van der Waals surface area contributed by atoms with Crippen LogP contribution in [0.3, 0.4) is 0 Å². The van der Waals surface area contributed by atoms with Gasteiger partial charge in [0.15, 0.2) is 5.65 Å². The Morgan fingerprint density at radius 1 is 1.19 bits per heavy atom. The molecule has 2 amide bonds. The first-order valence-corrected chi connectivity index (χ1v) is 9.38. The van der Waals surface area contributed by atoms with Crippen molar-refractivity contribution in [3.8, 4) is 0 Å². The van der Waals surface area contributed by atoms with Crippen molar-refractivity contribution < 1.29 is 9.59 Å². The normalized spacial score (nSPS) is 15.6. The number of carbonyl (C=O) groups is 2. The number of amides is 2. The first kappa shape index (κ1) is 19.3. The number of aromatic nitrogens is 3. The highest BCUT2D eigenvalue weighted by molar-refractivity contribution is 6.06. The Bertz CT molecular complexity index is 865. The van der Waals surface area contributed by atoms with E-state index in [4.69, 9.17) is 0 Å². The molecule has 146 valence electrons. The van der Waals surface area contributed by atoms with Crippen LogP contribution in [0.15, 0.2) is 6.07 Å². The molecule has 1 N–H and O–H groups in total. The third-order valence-electron chi connectivity index (χ3n) is 4.80. The maximum atomic E-state index is 13.2. The first-order chi connectivity index (χ1) is 12.8. The average Bonchev–Trinajstić information content (AvgIpc) is 2.87. The zero-order valence-electron chi connectivity index (χ0n) is 16.7. The number of piperazine rings is 1. The smallest absolute Gasteiger partial charge is 0.254 e. The molecule has 1 aliphatic heterocycles. The molecule has 1 fully saturated rings. The van der Waals surface area contributed by atoms with E-state index in [2.05, 4.69) is 20.3 Å². The van der Waals surface area contributed by atoms with E-state index >= 15 is 0 Å². The van der Waals surface area contributed by atoms with Crippen LogP contribution in [0.2, 0.25) is 0 Å². The predicted molar refractivity (Wildman–Crippen MR) is 104 cm³/mol. The quantitative estimate of drug-likeness (QED) is 0.861. The average molecular weight is 372 g/mol. The molecule has 0 saturated carbocycles. The number of hydrogen-bond donors (Lipinski definition) is 1. The molecule has 0 aromatic carbocycles. The van der Waals surface area contributed by atoms with Gasteiger partial charge >= 0.3 is 0 Å². The van der Waals surface area contributed by atoms with Crippen LogP contribution in [0.25, 0.3) is 11.0 Å². The molecule has 0 radical (unpaired) electrons. The Kier molecular flexibility index (Phi) is 5.46. The number of nitrogens with one attached hydrogen (secondary N) is 1. The number of fused-ring (bicyclic) bond motifs is 1. The van der Waals surface area contributed by atoms with E-state index in [1.54, 1.807) is 4.68 Å². The molecule has 0 unspecified atom stereocenters. The van der Waals surface area contributed by atoms with Crippen LogP contribution < -0.4 is 5.32 Å². The Morgan fingerprint density at radius 2 is 1.85 bits per heavy atom. The van der Waals surface area contributed by atoms with Crippen LogP contribution in [0.4, 0.5) is 0 Å². The third kappa shape index (κ3) is 4.10. The van der Waals surface area contributed by atoms with Crippen LogP contribution in [0.5, 0.6) is 0 Å². The van der Waals surface area contributed by atoms with Gasteiger partial charge in [0.2, 0.25) is 5.91 Å². The van der Waals surface area contributed by atoms with Crippen molar-refractivity contribution in [2.75, 3.05) is 32.7 Å². The molecule has 0 spiro atoms. The van der Waals surface area contributed by atoms with Crippen molar-refractivity contribution in [3.05, 3.63) is 23.0 Å². The predicted octanol–water partition coefficient (Wildman–Crippen LogP) is 0.868. The first-order valence-electron chi connectivity index (χ1n) is 9.38. The van der Waals surface area contributed by atoms with Crippen molar-refractivity contribution >= 4 is 22.8 Å². The van der Waals surface area contributed by atoms with E-state index < -0.39 is 0 Å². The summed E-state index contributed by atoms with van der Waals surface area (Å²) in [5.74, 6) is 0.0371. The van der Waals surface area contributed by atoms with Crippen molar-refractivity contribution in [1.29, 1.82) is 0 Å². The second kappa shape index (κ2) is 7.64. The molecule has 2 aromatic heterocycles. The summed E-state index contributed by atoms with van der Waals surface area (Å²) in [6, 6.07) is 1.99. The summed E-state index contributed by atoms with van der Waals surface area (Å²) in [5, 5.41) is 8.15. The molecule has 27 heavy (non-hydrogen) atoms. The number of hydrogen-bond acceptors (Lipinski definition) is 5. The molecule has 3 heterocycles. The second-order valence-corrected chi connectivity index (χ2v) is 7.51. The molecular formula is C19H28N6O2. The van der Waals surface area contributed by atoms with Crippen molar-refractivity contribution in [2.24, 2.45) is 7.05 Å². The van der Waals surface area contributed by atoms with E-state index in [9.17, 15) is 9.59 Å². The minimum Gasteiger partial charge on any atom is -0.353 e. The zero-order valence-corrected chi connectivity index (χ0v) is 16.7. The van der Waals surface area contributed by atoms with Gasteiger partial charge in [-0.2, -0.15) is 5.10 Å². The van der Waals surface area contributed by atoms with Crippen molar-refractivity contribution in [2.45, 2.75) is 33.7 Å². The molecule has 1 aliphatic rings. The van der Waals surface area contributed by atoms with E-state index in [-0.39, 0.29) is 17.9 Å². The van der Waals surface area contributed by atoms with E-state index in [1.807, 2.05) is 45.7 Å². The number of carbonyl (C=O) groups excluding carboxylic acids is 2. The summed E-state index contributed by atoms with van der Waals surface area (Å²) >= 11 is 0. The SMILES string of the molecule is Cc1cc(C(=O)N2CCN(CC(=O)NC(C)C)CC2)c2c(C)nn(C)c2n1. The van der Waals surface area contributed by atoms with Crippen LogP contribution in [-0.4, -0.2) is 75.1 Å². The van der Waals surface area contributed by atoms with E-state index in [1.165, 1.54) is 0 Å². The summed E-state index contributed by atoms with van der Waals surface area (Å²) in [5.41, 5.74) is 3.01. The van der Waals surface area contributed by atoms with Gasteiger partial charge in [-0.1, -0.05) is 0 Å². The number of pyridine rings is 1. The van der Waals surface area contributed by atoms with Crippen molar-refractivity contribution in [3.63, 3.8) is 0 Å². The lowest BCUT2D eigenvalue weighted by Gasteiger charge is -2.34. The fourth-order valence-corrected chi connectivity index (χ4v) is 3.59. The van der Waals surface area contributed by atoms with Gasteiger partial charge < -0.3 is 10.2 Å². The number of aryl methyl sites for hydroxylation is 3. The van der Waals surface area contributed by atoms with E-state index in [0.717, 1.165) is 22.4 Å². The van der Waals surface area contributed by atoms with Gasteiger partial charge in [0.25, 0.3) is 5.91 Å². The molecule has 3 rings (SSSR count). The molecule has 0 aliphatic carbocycles. The van der Waals surface area contributed by atoms with Crippen LogP contribution in [0, 0.1) is 13.8 Å². The molecule has 1 saturated heterocycles. The fraction of sp³-hybridized carbons (Fsp3) is 0.579. The lowest BCUT2D eigenvalue weighted by molar-refractivity contribution is -0.123. The molecule has 0 bridgehead atoms. The summed E-state index contributed by atoms with van der Waals surface area (Å²) in [7, 11) is 1.84. The van der Waals surface area contributed by atoms with Crippen LogP contribution >= 0.6 is 0 Å². The maximum absolute atomic E-state index is 13.2. The number of nitrogens with zero attached hydrogens (tertiary/aromatic N) is 5. The van der Waals surface area contributed by atoms with Gasteiger partial charge in [-0.15, -0.1) is 0 Å². The lowest BCUT2D eigenvalue weighted by atomic mass is 10.1. The Hall–Kier alpha value is -2.48. The maximum Gasteiger partial charge on any atom is 0.254 e. The van der Waals surface area contributed by atoms with Crippen LogP contribution in [-0.2, 0) is 11.8 Å². The highest BCUT2D eigenvalue weighted by Crippen LogP contribution is 2.23. The van der Waals surface area contributed by atoms with Gasteiger partial charge in [-0.3, -0.25) is 19.2 Å². The minimum absolute atomic E-state index is 0.00730. The zero-order chi connectivity index (χ0) is 19.7. The van der Waals surface area contributed by atoms with Gasteiger partial charge in [0.05, 0.1) is 23.2 Å². The standard InChI is InChI=1S/C19H28N6O2/c1-12(2)20-16(26)11-24-6-8-25(9-7-24)19(27)15-10-13(3)21-18-17(15)14(4)22-23(18)5/h10,12H,6-9,11H2,1-5H3,(H,20,26). The Balaban J connectivity index is 1.72. The van der Waals surface area contributed by atoms with Gasteiger partial charge in [0.1, 0.15) is 0 Å². The largest absolute Gasteiger partial charge is 0.353 e. The number of rotatable bonds is 4. The Morgan fingerprint density at radius 3 is 2.48 bits per heavy atom. The summed E-state index contributed by atoms with van der Waals surface area (Å²) in [4.78, 5) is 33.6. The minimum atomic E-state index is 0.00730. The highest BCUT2D eigenvalue weighted by Gasteiger charge is 2.26. The highest BCUT2D eigenvalue weighted by atomic mass is 16.2. The third-order valence-corrected chi connectivity index (χ3v) is 4.80. The van der Waals surface area contributed by atoms with Crippen molar-refractivity contribution in [1.82, 2.24) is 29.9 Å². The molecule has 0 atom stereocenters. The Labute approximate surface area is 159 Å². The van der Waals surface area contributed by atoms with Gasteiger partial charge in [-0.25, -0.2) is 4.98 Å². The lowest BCUT2D eigenvalue weighted by Crippen LogP contribution is -2.51. The summed E-state index contributed by atoms with van der Waals surface area (Å²) < 4.78 is 1.72. The molecule has 8 heteroatoms. The summed E-state index contributed by atoms with van der Waals surface area (Å²) in [6.45, 7) is 10.7. The van der Waals surface area contributed by atoms with Gasteiger partial charge in [0, 0.05) is 45.0 Å². The monoisotopic (exact) mass is 372 g/mol. The summed E-state index contributed by atoms with van der Waals surface area (Å²) in [6.07, 6.45) is 0. The molecular weight excluding hydrogens is 344 g/mol. The van der Waals surface area contributed by atoms with Gasteiger partial charge in [-0.05, 0) is 33.8 Å². The van der Waals surface area contributed by atoms with E-state index in [0.29, 0.717) is 38.3 Å².